The first-order valence-electron chi connectivity index (χ1n) is 8.47. The van der Waals surface area contributed by atoms with Crippen LogP contribution in [0.4, 0.5) is 0 Å². The van der Waals surface area contributed by atoms with Crippen molar-refractivity contribution in [2.45, 2.75) is 19.9 Å². The van der Waals surface area contributed by atoms with Crippen molar-refractivity contribution in [3.63, 3.8) is 0 Å². The molecule has 0 aliphatic heterocycles. The van der Waals surface area contributed by atoms with Gasteiger partial charge in [-0.2, -0.15) is 0 Å². The number of aromatic nitrogens is 2. The van der Waals surface area contributed by atoms with Gasteiger partial charge in [0.1, 0.15) is 0 Å². The van der Waals surface area contributed by atoms with Crippen LogP contribution in [0.5, 0.6) is 0 Å². The number of nitrogens with zero attached hydrogens (tertiary/aromatic N) is 3. The molecular weight excluding hydrogens is 314 g/mol. The Morgan fingerprint density at radius 3 is 2.32 bits per heavy atom. The number of amides is 1. The lowest BCUT2D eigenvalue weighted by atomic mass is 10.1. The lowest BCUT2D eigenvalue weighted by Gasteiger charge is -2.21. The number of fused-ring (bicyclic) bond motifs is 1. The highest BCUT2D eigenvalue weighted by Crippen LogP contribution is 2.15. The molecule has 3 rings (SSSR count). The highest BCUT2D eigenvalue weighted by atomic mass is 16.2. The number of likely N-dealkylation sites (N-methyl/N-ethyl adjacent to an activating group) is 1. The second-order valence-electron chi connectivity index (χ2n) is 6.29. The molecule has 0 saturated carbocycles. The third-order valence-electron chi connectivity index (χ3n) is 4.64. The van der Waals surface area contributed by atoms with Gasteiger partial charge < -0.3 is 4.90 Å². The van der Waals surface area contributed by atoms with Crippen LogP contribution in [0.2, 0.25) is 0 Å². The van der Waals surface area contributed by atoms with Gasteiger partial charge in [0.15, 0.2) is 0 Å². The Morgan fingerprint density at radius 2 is 1.64 bits per heavy atom. The quantitative estimate of drug-likeness (QED) is 0.718. The number of imidazole rings is 1. The van der Waals surface area contributed by atoms with E-state index in [0.717, 1.165) is 22.2 Å². The highest BCUT2D eigenvalue weighted by molar-refractivity contribution is 5.82. The standard InChI is InChI=1S/C20H23N3O2/c1-4-23(14-15-8-6-5-7-9-15)19(24)13-16-10-11-17-18(12-16)22(3)20(25)21(17)2/h5-12H,4,13-14H2,1-3H3. The number of benzene rings is 2. The van der Waals surface area contributed by atoms with Crippen molar-refractivity contribution in [3.8, 4) is 0 Å². The van der Waals surface area contributed by atoms with Gasteiger partial charge in [0.2, 0.25) is 5.91 Å². The van der Waals surface area contributed by atoms with Crippen LogP contribution in [0.3, 0.4) is 0 Å². The molecule has 2 aromatic carbocycles. The molecule has 5 heteroatoms. The summed E-state index contributed by atoms with van der Waals surface area (Å²) in [7, 11) is 3.51. The van der Waals surface area contributed by atoms with E-state index < -0.39 is 0 Å². The predicted octanol–water partition coefficient (Wildman–Crippen LogP) is 2.47. The van der Waals surface area contributed by atoms with E-state index >= 15 is 0 Å². The summed E-state index contributed by atoms with van der Waals surface area (Å²) in [5, 5.41) is 0. The maximum absolute atomic E-state index is 12.7. The van der Waals surface area contributed by atoms with E-state index in [9.17, 15) is 9.59 Å². The zero-order valence-electron chi connectivity index (χ0n) is 14.9. The SMILES string of the molecule is CCN(Cc1ccccc1)C(=O)Cc1ccc2c(c1)n(C)c(=O)n2C. The van der Waals surface area contributed by atoms with Crippen LogP contribution < -0.4 is 5.69 Å². The third kappa shape index (κ3) is 3.36. The Balaban J connectivity index is 1.80. The Morgan fingerprint density at radius 1 is 0.960 bits per heavy atom. The van der Waals surface area contributed by atoms with Gasteiger partial charge in [-0.1, -0.05) is 36.4 Å². The van der Waals surface area contributed by atoms with Crippen molar-refractivity contribution in [1.82, 2.24) is 14.0 Å². The zero-order chi connectivity index (χ0) is 18.0. The second kappa shape index (κ2) is 6.97. The Hall–Kier alpha value is -2.82. The molecule has 0 saturated heterocycles. The van der Waals surface area contributed by atoms with Crippen molar-refractivity contribution in [2.75, 3.05) is 6.54 Å². The van der Waals surface area contributed by atoms with Gasteiger partial charge in [-0.25, -0.2) is 4.79 Å². The van der Waals surface area contributed by atoms with E-state index in [1.54, 1.807) is 23.2 Å². The molecule has 0 bridgehead atoms. The molecule has 0 unspecified atom stereocenters. The number of hydrogen-bond donors (Lipinski definition) is 0. The van der Waals surface area contributed by atoms with E-state index in [2.05, 4.69) is 0 Å². The third-order valence-corrected chi connectivity index (χ3v) is 4.64. The van der Waals surface area contributed by atoms with Crippen molar-refractivity contribution in [2.24, 2.45) is 14.1 Å². The molecule has 130 valence electrons. The van der Waals surface area contributed by atoms with Gasteiger partial charge in [-0.05, 0) is 30.2 Å². The average molecular weight is 337 g/mol. The molecule has 0 aliphatic rings. The fourth-order valence-electron chi connectivity index (χ4n) is 3.13. The zero-order valence-corrected chi connectivity index (χ0v) is 14.9. The summed E-state index contributed by atoms with van der Waals surface area (Å²) in [5.41, 5.74) is 3.71. The molecule has 3 aromatic rings. The molecule has 1 amide bonds. The smallest absolute Gasteiger partial charge is 0.328 e. The monoisotopic (exact) mass is 337 g/mol. The van der Waals surface area contributed by atoms with Crippen LogP contribution in [0.1, 0.15) is 18.1 Å². The number of aryl methyl sites for hydroxylation is 2. The topological polar surface area (TPSA) is 47.2 Å². The van der Waals surface area contributed by atoms with Crippen LogP contribution in [-0.4, -0.2) is 26.5 Å². The van der Waals surface area contributed by atoms with Crippen molar-refractivity contribution >= 4 is 16.9 Å². The Bertz CT molecular complexity index is 954. The minimum Gasteiger partial charge on any atom is -0.338 e. The molecule has 0 aliphatic carbocycles. The first-order chi connectivity index (χ1) is 12.0. The molecule has 1 aromatic heterocycles. The van der Waals surface area contributed by atoms with Crippen molar-refractivity contribution < 1.29 is 4.79 Å². The molecule has 25 heavy (non-hydrogen) atoms. The number of hydrogen-bond acceptors (Lipinski definition) is 2. The lowest BCUT2D eigenvalue weighted by molar-refractivity contribution is -0.130. The maximum Gasteiger partial charge on any atom is 0.328 e. The largest absolute Gasteiger partial charge is 0.338 e. The molecule has 0 fully saturated rings. The Labute approximate surface area is 147 Å². The number of rotatable bonds is 5. The lowest BCUT2D eigenvalue weighted by Crippen LogP contribution is -2.31. The van der Waals surface area contributed by atoms with Gasteiger partial charge in [0.25, 0.3) is 0 Å². The number of carbonyl (C=O) groups excluding carboxylic acids is 1. The van der Waals surface area contributed by atoms with Gasteiger partial charge >= 0.3 is 5.69 Å². The molecule has 0 spiro atoms. The van der Waals surface area contributed by atoms with Crippen LogP contribution in [-0.2, 0) is 31.9 Å². The molecule has 0 atom stereocenters. The molecule has 5 nitrogen and oxygen atoms in total. The van der Waals surface area contributed by atoms with Gasteiger partial charge in [-0.3, -0.25) is 13.9 Å². The van der Waals surface area contributed by atoms with Gasteiger partial charge in [0, 0.05) is 27.2 Å². The summed E-state index contributed by atoms with van der Waals surface area (Å²) in [6.45, 7) is 3.27. The van der Waals surface area contributed by atoms with Crippen molar-refractivity contribution in [1.29, 1.82) is 0 Å². The van der Waals surface area contributed by atoms with Crippen LogP contribution >= 0.6 is 0 Å². The van der Waals surface area contributed by atoms with E-state index in [1.807, 2.05) is 60.4 Å². The fourth-order valence-corrected chi connectivity index (χ4v) is 3.13. The Kier molecular flexibility index (Phi) is 4.74. The van der Waals surface area contributed by atoms with E-state index in [1.165, 1.54) is 0 Å². The van der Waals surface area contributed by atoms with Gasteiger partial charge in [-0.15, -0.1) is 0 Å². The van der Waals surface area contributed by atoms with E-state index in [0.29, 0.717) is 19.5 Å². The summed E-state index contributed by atoms with van der Waals surface area (Å²) >= 11 is 0. The minimum absolute atomic E-state index is 0.0576. The summed E-state index contributed by atoms with van der Waals surface area (Å²) < 4.78 is 3.24. The van der Waals surface area contributed by atoms with Crippen LogP contribution in [0.25, 0.3) is 11.0 Å². The molecule has 0 radical (unpaired) electrons. The van der Waals surface area contributed by atoms with Gasteiger partial charge in [0.05, 0.1) is 17.5 Å². The van der Waals surface area contributed by atoms with E-state index in [4.69, 9.17) is 0 Å². The minimum atomic E-state index is -0.0576. The summed E-state index contributed by atoms with van der Waals surface area (Å²) in [6, 6.07) is 15.8. The van der Waals surface area contributed by atoms with E-state index in [-0.39, 0.29) is 11.6 Å². The first-order valence-corrected chi connectivity index (χ1v) is 8.47. The van der Waals surface area contributed by atoms with Crippen LogP contribution in [0.15, 0.2) is 53.3 Å². The second-order valence-corrected chi connectivity index (χ2v) is 6.29. The first kappa shape index (κ1) is 17.0. The van der Waals surface area contributed by atoms with Crippen LogP contribution in [0, 0.1) is 0 Å². The average Bonchev–Trinajstić information content (AvgIpc) is 2.84. The molecular formula is C20H23N3O2. The molecule has 1 heterocycles. The van der Waals surface area contributed by atoms with Crippen molar-refractivity contribution in [3.05, 3.63) is 70.1 Å². The molecule has 0 N–H and O–H groups in total. The predicted molar refractivity (Wildman–Crippen MR) is 99.4 cm³/mol. The maximum atomic E-state index is 12.7. The highest BCUT2D eigenvalue weighted by Gasteiger charge is 2.14. The summed E-state index contributed by atoms with van der Waals surface area (Å²) in [5.74, 6) is 0.0895. The fraction of sp³-hybridized carbons (Fsp3) is 0.300. The normalized spacial score (nSPS) is 11.0. The summed E-state index contributed by atoms with van der Waals surface area (Å²) in [4.78, 5) is 26.6. The summed E-state index contributed by atoms with van der Waals surface area (Å²) in [6.07, 6.45) is 0.333. The number of carbonyl (C=O) groups is 1.